The van der Waals surface area contributed by atoms with Crippen LogP contribution in [0.2, 0.25) is 0 Å². The quantitative estimate of drug-likeness (QED) is 0.187. The molecule has 2 amide bonds. The first-order valence-electron chi connectivity index (χ1n) is 10.0. The van der Waals surface area contributed by atoms with Gasteiger partial charge < -0.3 is 9.47 Å². The fraction of sp³-hybridized carbons (Fsp3) is 0.0833. The number of carbonyl (C=O) groups excluding carboxylic acids is 2. The van der Waals surface area contributed by atoms with Crippen LogP contribution in [-0.2, 0) is 9.59 Å². The Morgan fingerprint density at radius 3 is 2.27 bits per heavy atom. The van der Waals surface area contributed by atoms with E-state index >= 15 is 0 Å². The van der Waals surface area contributed by atoms with Gasteiger partial charge in [0.15, 0.2) is 0 Å². The van der Waals surface area contributed by atoms with Crippen molar-refractivity contribution in [2.24, 2.45) is 0 Å². The first-order valence-corrected chi connectivity index (χ1v) is 10.0. The number of para-hydroxylation sites is 2. The molecule has 0 aliphatic carbocycles. The van der Waals surface area contributed by atoms with Gasteiger partial charge in [0.2, 0.25) is 0 Å². The standard InChI is InChI=1S/C24H19N3O6/c28-23-21(24(29)26(25-23)18-7-3-1-4-8-18)16-17-15-19(27(30)31)11-12-22(17)33-14-13-32-20-9-5-2-6-10-20/h1-12,15-16H,13-14H2,(H,25,28)/b21-16+. The molecule has 1 heterocycles. The number of non-ortho nitro benzene ring substituents is 1. The van der Waals surface area contributed by atoms with Gasteiger partial charge in [0.05, 0.1) is 10.6 Å². The molecule has 1 N–H and O–H groups in total. The van der Waals surface area contributed by atoms with Crippen molar-refractivity contribution in [1.82, 2.24) is 5.43 Å². The highest BCUT2D eigenvalue weighted by Gasteiger charge is 2.34. The van der Waals surface area contributed by atoms with E-state index in [1.165, 1.54) is 24.3 Å². The van der Waals surface area contributed by atoms with Crippen molar-refractivity contribution < 1.29 is 24.0 Å². The van der Waals surface area contributed by atoms with Crippen molar-refractivity contribution in [2.75, 3.05) is 18.2 Å². The fourth-order valence-electron chi connectivity index (χ4n) is 3.19. The largest absolute Gasteiger partial charge is 0.490 e. The second kappa shape index (κ2) is 9.65. The lowest BCUT2D eigenvalue weighted by atomic mass is 10.1. The topological polar surface area (TPSA) is 111 Å². The van der Waals surface area contributed by atoms with Crippen molar-refractivity contribution in [3.63, 3.8) is 0 Å². The van der Waals surface area contributed by atoms with Gasteiger partial charge in [0, 0.05) is 17.7 Å². The summed E-state index contributed by atoms with van der Waals surface area (Å²) in [6.45, 7) is 0.386. The van der Waals surface area contributed by atoms with Crippen molar-refractivity contribution in [1.29, 1.82) is 0 Å². The van der Waals surface area contributed by atoms with Gasteiger partial charge in [-0.2, -0.15) is 0 Å². The SMILES string of the molecule is O=C1NN(c2ccccc2)C(=O)/C1=C/c1cc([N+](=O)[O-])ccc1OCCOc1ccccc1. The third-order valence-electron chi connectivity index (χ3n) is 4.76. The molecular weight excluding hydrogens is 426 g/mol. The number of nitro groups is 1. The van der Waals surface area contributed by atoms with Crippen LogP contribution in [0.1, 0.15) is 5.56 Å². The third-order valence-corrected chi connectivity index (χ3v) is 4.76. The minimum atomic E-state index is -0.617. The molecule has 1 fully saturated rings. The average molecular weight is 445 g/mol. The normalized spacial score (nSPS) is 14.3. The summed E-state index contributed by atoms with van der Waals surface area (Å²) in [5.74, 6) is -0.227. The maximum absolute atomic E-state index is 12.8. The highest BCUT2D eigenvalue weighted by atomic mass is 16.6. The monoisotopic (exact) mass is 445 g/mol. The Kier molecular flexibility index (Phi) is 6.31. The average Bonchev–Trinajstić information content (AvgIpc) is 3.12. The van der Waals surface area contributed by atoms with Gasteiger partial charge in [-0.1, -0.05) is 36.4 Å². The second-order valence-corrected chi connectivity index (χ2v) is 6.96. The summed E-state index contributed by atoms with van der Waals surface area (Å²) in [4.78, 5) is 36.0. The fourth-order valence-corrected chi connectivity index (χ4v) is 3.19. The van der Waals surface area contributed by atoms with Gasteiger partial charge in [-0.05, 0) is 36.4 Å². The Balaban J connectivity index is 1.55. The molecule has 9 nitrogen and oxygen atoms in total. The van der Waals surface area contributed by atoms with Crippen LogP contribution >= 0.6 is 0 Å². The zero-order valence-corrected chi connectivity index (χ0v) is 17.3. The van der Waals surface area contributed by atoms with Crippen molar-refractivity contribution in [3.05, 3.63) is 100 Å². The van der Waals surface area contributed by atoms with Crippen LogP contribution in [0.15, 0.2) is 84.4 Å². The summed E-state index contributed by atoms with van der Waals surface area (Å²) in [7, 11) is 0. The summed E-state index contributed by atoms with van der Waals surface area (Å²) >= 11 is 0. The minimum absolute atomic E-state index is 0.152. The summed E-state index contributed by atoms with van der Waals surface area (Å²) in [6, 6.07) is 21.8. The zero-order valence-electron chi connectivity index (χ0n) is 17.3. The van der Waals surface area contributed by atoms with E-state index in [0.717, 1.165) is 5.01 Å². The van der Waals surface area contributed by atoms with Crippen LogP contribution in [0.3, 0.4) is 0 Å². The Bertz CT molecular complexity index is 1210. The first-order chi connectivity index (χ1) is 16.0. The summed E-state index contributed by atoms with van der Waals surface area (Å²) in [5.41, 5.74) is 2.87. The second-order valence-electron chi connectivity index (χ2n) is 6.96. The lowest BCUT2D eigenvalue weighted by molar-refractivity contribution is -0.384. The number of nitrogens with zero attached hydrogens (tertiary/aromatic N) is 2. The highest BCUT2D eigenvalue weighted by molar-refractivity contribution is 6.31. The van der Waals surface area contributed by atoms with Crippen LogP contribution in [0.25, 0.3) is 6.08 Å². The number of anilines is 1. The van der Waals surface area contributed by atoms with E-state index in [-0.39, 0.29) is 35.8 Å². The van der Waals surface area contributed by atoms with Gasteiger partial charge >= 0.3 is 0 Å². The number of carbonyl (C=O) groups is 2. The van der Waals surface area contributed by atoms with Crippen molar-refractivity contribution >= 4 is 29.3 Å². The van der Waals surface area contributed by atoms with Gasteiger partial charge in [-0.25, -0.2) is 5.01 Å². The molecule has 3 aromatic rings. The molecule has 1 aliphatic rings. The van der Waals surface area contributed by atoms with Crippen molar-refractivity contribution in [3.8, 4) is 11.5 Å². The first kappa shape index (κ1) is 21.6. The number of amides is 2. The molecule has 1 saturated heterocycles. The molecule has 1 aliphatic heterocycles. The van der Waals surface area contributed by atoms with Crippen molar-refractivity contribution in [2.45, 2.75) is 0 Å². The number of hydrogen-bond donors (Lipinski definition) is 1. The van der Waals surface area contributed by atoms with E-state index in [2.05, 4.69) is 5.43 Å². The maximum atomic E-state index is 12.8. The van der Waals surface area contributed by atoms with Gasteiger partial charge in [-0.15, -0.1) is 0 Å². The lowest BCUT2D eigenvalue weighted by Gasteiger charge is -2.14. The smallest absolute Gasteiger partial charge is 0.282 e. The summed E-state index contributed by atoms with van der Waals surface area (Å²) in [5, 5.41) is 12.4. The zero-order chi connectivity index (χ0) is 23.2. The summed E-state index contributed by atoms with van der Waals surface area (Å²) < 4.78 is 11.3. The van der Waals surface area contributed by atoms with E-state index in [1.54, 1.807) is 30.3 Å². The maximum Gasteiger partial charge on any atom is 0.282 e. The number of hydrazine groups is 1. The lowest BCUT2D eigenvalue weighted by Crippen LogP contribution is -2.35. The van der Waals surface area contributed by atoms with E-state index in [4.69, 9.17) is 9.47 Å². The Morgan fingerprint density at radius 1 is 0.909 bits per heavy atom. The van der Waals surface area contributed by atoms with E-state index in [0.29, 0.717) is 11.4 Å². The molecule has 0 saturated carbocycles. The molecule has 0 bridgehead atoms. The predicted octanol–water partition coefficient (Wildman–Crippen LogP) is 3.51. The van der Waals surface area contributed by atoms with Gasteiger partial charge in [0.25, 0.3) is 17.5 Å². The minimum Gasteiger partial charge on any atom is -0.490 e. The van der Waals surface area contributed by atoms with E-state index < -0.39 is 16.7 Å². The molecule has 33 heavy (non-hydrogen) atoms. The van der Waals surface area contributed by atoms with Gasteiger partial charge in [0.1, 0.15) is 30.3 Å². The highest BCUT2D eigenvalue weighted by Crippen LogP contribution is 2.29. The molecule has 0 spiro atoms. The van der Waals surface area contributed by atoms with E-state index in [1.807, 2.05) is 30.3 Å². The molecular formula is C24H19N3O6. The molecule has 166 valence electrons. The predicted molar refractivity (Wildman–Crippen MR) is 121 cm³/mol. The number of benzene rings is 3. The molecule has 0 atom stereocenters. The Hall–Kier alpha value is -4.66. The third kappa shape index (κ3) is 4.99. The van der Waals surface area contributed by atoms with Crippen LogP contribution in [-0.4, -0.2) is 30.0 Å². The molecule has 0 aromatic heterocycles. The molecule has 0 radical (unpaired) electrons. The number of nitro benzene ring substituents is 1. The number of hydrogen-bond acceptors (Lipinski definition) is 6. The van der Waals surface area contributed by atoms with Crippen LogP contribution < -0.4 is 19.9 Å². The molecule has 0 unspecified atom stereocenters. The van der Waals surface area contributed by atoms with Gasteiger partial charge in [-0.3, -0.25) is 25.1 Å². The van der Waals surface area contributed by atoms with Crippen LogP contribution in [0.4, 0.5) is 11.4 Å². The van der Waals surface area contributed by atoms with Crippen LogP contribution in [0, 0.1) is 10.1 Å². The Labute approximate surface area is 189 Å². The number of rotatable bonds is 8. The molecule has 4 rings (SSSR count). The van der Waals surface area contributed by atoms with E-state index in [9.17, 15) is 19.7 Å². The molecule has 3 aromatic carbocycles. The summed E-state index contributed by atoms with van der Waals surface area (Å²) in [6.07, 6.45) is 1.29. The Morgan fingerprint density at radius 2 is 1.58 bits per heavy atom. The van der Waals surface area contributed by atoms with Crippen LogP contribution in [0.5, 0.6) is 11.5 Å². The number of ether oxygens (including phenoxy) is 2. The molecule has 9 heteroatoms. The number of nitrogens with one attached hydrogen (secondary N) is 1.